The zero-order valence-electron chi connectivity index (χ0n) is 9.74. The fraction of sp³-hybridized carbons (Fsp3) is 0.214. The zero-order valence-corrected chi connectivity index (χ0v) is 9.74. The molecule has 0 spiro atoms. The van der Waals surface area contributed by atoms with Crippen molar-refractivity contribution < 1.29 is 10.2 Å². The molecule has 2 aromatic rings. The van der Waals surface area contributed by atoms with Crippen LogP contribution in [-0.2, 0) is 0 Å². The number of benzene rings is 2. The van der Waals surface area contributed by atoms with Crippen LogP contribution in [0.15, 0.2) is 36.4 Å². The van der Waals surface area contributed by atoms with E-state index in [1.807, 2.05) is 18.2 Å². The lowest BCUT2D eigenvalue weighted by atomic mass is 9.96. The minimum Gasteiger partial charge on any atom is -0.398 e. The third-order valence-electron chi connectivity index (χ3n) is 2.97. The lowest BCUT2D eigenvalue weighted by molar-refractivity contribution is 0.0225. The van der Waals surface area contributed by atoms with Gasteiger partial charge in [0, 0.05) is 11.1 Å². The van der Waals surface area contributed by atoms with Crippen LogP contribution in [0.2, 0.25) is 0 Å². The van der Waals surface area contributed by atoms with E-state index >= 15 is 0 Å². The molecule has 0 aliphatic heterocycles. The van der Waals surface area contributed by atoms with Gasteiger partial charge in [-0.15, -0.1) is 0 Å². The van der Waals surface area contributed by atoms with Crippen LogP contribution in [-0.4, -0.2) is 16.3 Å². The van der Waals surface area contributed by atoms with E-state index in [1.54, 1.807) is 24.3 Å². The molecule has 0 saturated heterocycles. The molecule has 0 heterocycles. The maximum Gasteiger partial charge on any atom is 0.106 e. The molecule has 0 radical (unpaired) electrons. The lowest BCUT2D eigenvalue weighted by Gasteiger charge is -2.18. The van der Waals surface area contributed by atoms with Crippen LogP contribution in [0.1, 0.15) is 18.1 Å². The Morgan fingerprint density at radius 1 is 1.11 bits per heavy atom. The minimum absolute atomic E-state index is 0.111. The van der Waals surface area contributed by atoms with Crippen LogP contribution in [0.4, 0.5) is 5.69 Å². The Bertz CT molecular complexity index is 604. The maximum atomic E-state index is 10.1. The number of nitrogen functional groups attached to an aromatic ring is 1. The molecule has 0 fully saturated rings. The monoisotopic (exact) mass is 242 g/mol. The normalized spacial score (nSPS) is 14.1. The minimum atomic E-state index is -1.10. The SMILES string of the molecule is N#CCC(O)C(O)c1cccc2c(N)cccc12. The van der Waals surface area contributed by atoms with Crippen LogP contribution < -0.4 is 5.73 Å². The van der Waals surface area contributed by atoms with Crippen LogP contribution in [0.25, 0.3) is 10.8 Å². The molecule has 2 aromatic carbocycles. The van der Waals surface area contributed by atoms with Crippen molar-refractivity contribution in [1.82, 2.24) is 0 Å². The highest BCUT2D eigenvalue weighted by molar-refractivity contribution is 5.95. The first kappa shape index (κ1) is 12.4. The predicted molar refractivity (Wildman–Crippen MR) is 69.6 cm³/mol. The molecular weight excluding hydrogens is 228 g/mol. The quantitative estimate of drug-likeness (QED) is 0.715. The van der Waals surface area contributed by atoms with E-state index in [4.69, 9.17) is 11.0 Å². The lowest BCUT2D eigenvalue weighted by Crippen LogP contribution is -2.17. The molecule has 0 aromatic heterocycles. The van der Waals surface area contributed by atoms with E-state index in [2.05, 4.69) is 0 Å². The standard InChI is InChI=1S/C14H14N2O2/c15-8-7-13(17)14(18)11-5-1-4-10-9(11)3-2-6-12(10)16/h1-6,13-14,17-18H,7,16H2. The fourth-order valence-electron chi connectivity index (χ4n) is 2.03. The van der Waals surface area contributed by atoms with E-state index in [9.17, 15) is 10.2 Å². The van der Waals surface area contributed by atoms with Gasteiger partial charge in [0.1, 0.15) is 6.10 Å². The number of fused-ring (bicyclic) bond motifs is 1. The summed E-state index contributed by atoms with van der Waals surface area (Å²) in [4.78, 5) is 0. The topological polar surface area (TPSA) is 90.3 Å². The first-order chi connectivity index (χ1) is 8.65. The van der Waals surface area contributed by atoms with Gasteiger partial charge < -0.3 is 15.9 Å². The van der Waals surface area contributed by atoms with Gasteiger partial charge in [-0.25, -0.2) is 0 Å². The van der Waals surface area contributed by atoms with E-state index < -0.39 is 12.2 Å². The average Bonchev–Trinajstić information content (AvgIpc) is 2.38. The third kappa shape index (κ3) is 2.14. The number of hydrogen-bond acceptors (Lipinski definition) is 4. The van der Waals surface area contributed by atoms with Crippen LogP contribution in [0.5, 0.6) is 0 Å². The van der Waals surface area contributed by atoms with Crippen LogP contribution >= 0.6 is 0 Å². The van der Waals surface area contributed by atoms with Gasteiger partial charge in [-0.05, 0) is 17.0 Å². The molecule has 0 amide bonds. The van der Waals surface area contributed by atoms with Crippen molar-refractivity contribution in [2.24, 2.45) is 0 Å². The van der Waals surface area contributed by atoms with Gasteiger partial charge in [0.05, 0.1) is 18.6 Å². The second-order valence-corrected chi connectivity index (χ2v) is 4.16. The molecule has 92 valence electrons. The molecule has 2 atom stereocenters. The van der Waals surface area contributed by atoms with Crippen molar-refractivity contribution in [2.75, 3.05) is 5.73 Å². The number of anilines is 1. The van der Waals surface area contributed by atoms with Gasteiger partial charge in [-0.1, -0.05) is 30.3 Å². The molecule has 0 aliphatic rings. The van der Waals surface area contributed by atoms with Crippen LogP contribution in [0.3, 0.4) is 0 Å². The molecule has 0 saturated carbocycles. The number of nitriles is 1. The van der Waals surface area contributed by atoms with Crippen molar-refractivity contribution >= 4 is 16.5 Å². The highest BCUT2D eigenvalue weighted by Crippen LogP contribution is 2.29. The first-order valence-electron chi connectivity index (χ1n) is 5.65. The zero-order chi connectivity index (χ0) is 13.1. The summed E-state index contributed by atoms with van der Waals surface area (Å²) in [5.41, 5.74) is 7.07. The summed E-state index contributed by atoms with van der Waals surface area (Å²) in [5.74, 6) is 0. The smallest absolute Gasteiger partial charge is 0.106 e. The second kappa shape index (κ2) is 5.05. The summed E-state index contributed by atoms with van der Waals surface area (Å²) >= 11 is 0. The van der Waals surface area contributed by atoms with Crippen molar-refractivity contribution in [1.29, 1.82) is 5.26 Å². The molecular formula is C14H14N2O2. The van der Waals surface area contributed by atoms with Gasteiger partial charge in [0.2, 0.25) is 0 Å². The molecule has 18 heavy (non-hydrogen) atoms. The number of nitrogens with zero attached hydrogens (tertiary/aromatic N) is 1. The summed E-state index contributed by atoms with van der Waals surface area (Å²) in [6.07, 6.45) is -2.29. The number of rotatable bonds is 3. The maximum absolute atomic E-state index is 10.1. The number of aliphatic hydroxyl groups is 2. The highest BCUT2D eigenvalue weighted by Gasteiger charge is 2.20. The molecule has 2 rings (SSSR count). The van der Waals surface area contributed by atoms with Gasteiger partial charge in [-0.3, -0.25) is 0 Å². The first-order valence-corrected chi connectivity index (χ1v) is 5.65. The molecule has 4 nitrogen and oxygen atoms in total. The average molecular weight is 242 g/mol. The van der Waals surface area contributed by atoms with E-state index in [1.165, 1.54) is 0 Å². The summed E-state index contributed by atoms with van der Waals surface area (Å²) in [6.45, 7) is 0. The van der Waals surface area contributed by atoms with Crippen molar-refractivity contribution in [2.45, 2.75) is 18.6 Å². The predicted octanol–water partition coefficient (Wildman–Crippen LogP) is 1.73. The molecule has 4 heteroatoms. The van der Waals surface area contributed by atoms with Gasteiger partial charge >= 0.3 is 0 Å². The van der Waals surface area contributed by atoms with E-state index in [-0.39, 0.29) is 6.42 Å². The summed E-state index contributed by atoms with van der Waals surface area (Å²) in [5, 5.41) is 29.9. The van der Waals surface area contributed by atoms with Crippen molar-refractivity contribution in [3.8, 4) is 6.07 Å². The summed E-state index contributed by atoms with van der Waals surface area (Å²) in [7, 11) is 0. The number of nitrogens with two attached hydrogens (primary N) is 1. The molecule has 2 unspecified atom stereocenters. The number of aliphatic hydroxyl groups excluding tert-OH is 2. The van der Waals surface area contributed by atoms with E-state index in [0.717, 1.165) is 10.8 Å². The summed E-state index contributed by atoms with van der Waals surface area (Å²) < 4.78 is 0. The van der Waals surface area contributed by atoms with Gasteiger partial charge in [0.25, 0.3) is 0 Å². The number of hydrogen-bond donors (Lipinski definition) is 3. The van der Waals surface area contributed by atoms with Crippen molar-refractivity contribution in [3.05, 3.63) is 42.0 Å². The fourth-order valence-corrected chi connectivity index (χ4v) is 2.03. The van der Waals surface area contributed by atoms with Gasteiger partial charge in [0.15, 0.2) is 0 Å². The van der Waals surface area contributed by atoms with Gasteiger partial charge in [-0.2, -0.15) is 5.26 Å². The summed E-state index contributed by atoms with van der Waals surface area (Å²) in [6, 6.07) is 12.6. The second-order valence-electron chi connectivity index (χ2n) is 4.16. The Kier molecular flexibility index (Phi) is 3.47. The van der Waals surface area contributed by atoms with E-state index in [0.29, 0.717) is 11.3 Å². The van der Waals surface area contributed by atoms with Crippen molar-refractivity contribution in [3.63, 3.8) is 0 Å². The molecule has 0 bridgehead atoms. The Labute approximate surface area is 105 Å². The Morgan fingerprint density at radius 2 is 1.78 bits per heavy atom. The Hall–Kier alpha value is -2.09. The third-order valence-corrected chi connectivity index (χ3v) is 2.97. The molecule has 0 aliphatic carbocycles. The largest absolute Gasteiger partial charge is 0.398 e. The Balaban J connectivity index is 2.52. The Morgan fingerprint density at radius 3 is 2.50 bits per heavy atom. The highest BCUT2D eigenvalue weighted by atomic mass is 16.3. The van der Waals surface area contributed by atoms with Crippen LogP contribution in [0, 0.1) is 11.3 Å². The molecule has 4 N–H and O–H groups in total.